The lowest BCUT2D eigenvalue weighted by atomic mass is 10.1. The van der Waals surface area contributed by atoms with E-state index in [1.54, 1.807) is 0 Å². The Morgan fingerprint density at radius 1 is 1.28 bits per heavy atom. The van der Waals surface area contributed by atoms with Crippen LogP contribution in [-0.4, -0.2) is 56.6 Å². The van der Waals surface area contributed by atoms with Gasteiger partial charge in [0.25, 0.3) is 5.91 Å². The Morgan fingerprint density at radius 3 is 2.72 bits per heavy atom. The number of nitrogens with zero attached hydrogens (tertiary/aromatic N) is 4. The van der Waals surface area contributed by atoms with E-state index in [4.69, 9.17) is 0 Å². The molecule has 0 radical (unpaired) electrons. The number of urea groups is 1. The minimum atomic E-state index is -1.10. The van der Waals surface area contributed by atoms with Gasteiger partial charge in [0, 0.05) is 18.2 Å². The summed E-state index contributed by atoms with van der Waals surface area (Å²) in [7, 11) is 0. The van der Waals surface area contributed by atoms with Gasteiger partial charge in [-0.1, -0.05) is 11.3 Å². The fraction of sp³-hybridized carbons (Fsp3) is 0.500. The second-order valence-corrected chi connectivity index (χ2v) is 7.82. The Bertz CT molecular complexity index is 897. The average Bonchev–Trinajstić information content (AvgIpc) is 3.24. The highest BCUT2D eigenvalue weighted by Gasteiger charge is 2.36. The average molecular weight is 402 g/mol. The molecule has 2 atom stereocenters. The zero-order valence-electron chi connectivity index (χ0n) is 17.1. The van der Waals surface area contributed by atoms with Gasteiger partial charge in [-0.25, -0.2) is 13.9 Å². The number of hydrogen-bond acceptors (Lipinski definition) is 4. The van der Waals surface area contributed by atoms with Crippen LogP contribution in [0.25, 0.3) is 0 Å². The predicted molar refractivity (Wildman–Crippen MR) is 108 cm³/mol. The zero-order chi connectivity index (χ0) is 21.1. The summed E-state index contributed by atoms with van der Waals surface area (Å²) >= 11 is 0. The molecule has 156 valence electrons. The van der Waals surface area contributed by atoms with Gasteiger partial charge >= 0.3 is 6.03 Å². The van der Waals surface area contributed by atoms with E-state index < -0.39 is 6.17 Å². The van der Waals surface area contributed by atoms with Gasteiger partial charge in [0.1, 0.15) is 6.17 Å². The number of carbonyl (C=O) groups excluding carboxylic acids is 2. The Morgan fingerprint density at radius 2 is 2.03 bits per heavy atom. The summed E-state index contributed by atoms with van der Waals surface area (Å²) in [6.45, 7) is 7.97. The number of aromatic nitrogens is 3. The minimum Gasteiger partial charge on any atom is -0.348 e. The Balaban J connectivity index is 1.67. The highest BCUT2D eigenvalue weighted by atomic mass is 19.1. The van der Waals surface area contributed by atoms with Gasteiger partial charge < -0.3 is 15.5 Å². The first kappa shape index (κ1) is 20.8. The lowest BCUT2D eigenvalue weighted by molar-refractivity contribution is 0.0938. The summed E-state index contributed by atoms with van der Waals surface area (Å²) in [5.41, 5.74) is 3.07. The fourth-order valence-electron chi connectivity index (χ4n) is 3.34. The Hall–Kier alpha value is -2.97. The molecule has 29 heavy (non-hydrogen) atoms. The van der Waals surface area contributed by atoms with Crippen molar-refractivity contribution < 1.29 is 14.0 Å². The second kappa shape index (κ2) is 8.59. The van der Waals surface area contributed by atoms with Gasteiger partial charge in [-0.15, -0.1) is 5.10 Å². The van der Waals surface area contributed by atoms with Crippen LogP contribution in [0.1, 0.15) is 41.9 Å². The van der Waals surface area contributed by atoms with E-state index in [1.807, 2.05) is 45.9 Å². The van der Waals surface area contributed by atoms with E-state index in [2.05, 4.69) is 20.9 Å². The van der Waals surface area contributed by atoms with Crippen molar-refractivity contribution in [2.24, 2.45) is 0 Å². The van der Waals surface area contributed by atoms with Crippen molar-refractivity contribution in [1.29, 1.82) is 0 Å². The second-order valence-electron chi connectivity index (χ2n) is 7.82. The van der Waals surface area contributed by atoms with Crippen LogP contribution in [0.3, 0.4) is 0 Å². The molecule has 1 aromatic heterocycles. The molecule has 1 saturated heterocycles. The van der Waals surface area contributed by atoms with Crippen molar-refractivity contribution in [1.82, 2.24) is 25.2 Å². The molecule has 9 heteroatoms. The summed E-state index contributed by atoms with van der Waals surface area (Å²) in [5, 5.41) is 13.4. The monoisotopic (exact) mass is 402 g/mol. The topological polar surface area (TPSA) is 92.2 Å². The first-order valence-electron chi connectivity index (χ1n) is 9.73. The van der Waals surface area contributed by atoms with Crippen LogP contribution in [0.5, 0.6) is 0 Å². The molecule has 8 nitrogen and oxygen atoms in total. The van der Waals surface area contributed by atoms with Crippen LogP contribution in [0, 0.1) is 13.8 Å². The maximum atomic E-state index is 14.1. The van der Waals surface area contributed by atoms with E-state index in [1.165, 1.54) is 15.8 Å². The third-order valence-corrected chi connectivity index (χ3v) is 4.97. The smallest absolute Gasteiger partial charge is 0.322 e. The van der Waals surface area contributed by atoms with E-state index in [0.717, 1.165) is 11.1 Å². The quantitative estimate of drug-likeness (QED) is 0.804. The summed E-state index contributed by atoms with van der Waals surface area (Å²) in [4.78, 5) is 26.2. The van der Waals surface area contributed by atoms with Gasteiger partial charge in [-0.3, -0.25) is 4.79 Å². The van der Waals surface area contributed by atoms with Crippen LogP contribution in [0.2, 0.25) is 0 Å². The molecule has 0 unspecified atom stereocenters. The number of hydrogen-bond donors (Lipinski definition) is 2. The molecule has 1 aromatic carbocycles. The summed E-state index contributed by atoms with van der Waals surface area (Å²) < 4.78 is 15.6. The van der Waals surface area contributed by atoms with Crippen LogP contribution in [-0.2, 0) is 6.54 Å². The molecule has 3 rings (SSSR count). The van der Waals surface area contributed by atoms with Crippen molar-refractivity contribution in [2.75, 3.05) is 11.9 Å². The first-order chi connectivity index (χ1) is 13.7. The molecule has 0 saturated carbocycles. The molecule has 0 bridgehead atoms. The van der Waals surface area contributed by atoms with E-state index in [0.29, 0.717) is 5.69 Å². The first-order valence-corrected chi connectivity index (χ1v) is 9.73. The zero-order valence-corrected chi connectivity index (χ0v) is 17.1. The number of benzene rings is 1. The van der Waals surface area contributed by atoms with Gasteiger partial charge in [0.15, 0.2) is 5.69 Å². The molecule has 2 heterocycles. The standard InChI is InChI=1S/C20H27FN6O2/c1-12(2)22-19(28)18-11-26(25-24-18)10-17-8-15(21)9-27(17)20(29)23-16-6-5-13(3)14(4)7-16/h5-7,11-12,15,17H,8-10H2,1-4H3,(H,22,28)(H,23,29)/t15-,17-/m0/s1. The molecular weight excluding hydrogens is 375 g/mol. The molecule has 0 spiro atoms. The molecular formula is C20H27FN6O2. The third-order valence-electron chi connectivity index (χ3n) is 4.97. The molecule has 1 aliphatic heterocycles. The van der Waals surface area contributed by atoms with E-state index in [-0.39, 0.29) is 49.2 Å². The summed E-state index contributed by atoms with van der Waals surface area (Å²) in [6, 6.07) is 4.91. The number of halogens is 1. The van der Waals surface area contributed by atoms with Gasteiger partial charge in [0.05, 0.1) is 25.3 Å². The van der Waals surface area contributed by atoms with Crippen molar-refractivity contribution in [3.63, 3.8) is 0 Å². The number of nitrogens with one attached hydrogen (secondary N) is 2. The number of aryl methyl sites for hydroxylation is 2. The molecule has 3 amide bonds. The normalized spacial score (nSPS) is 18.9. The minimum absolute atomic E-state index is 0.0145. The highest BCUT2D eigenvalue weighted by molar-refractivity contribution is 5.92. The van der Waals surface area contributed by atoms with E-state index >= 15 is 0 Å². The van der Waals surface area contributed by atoms with Crippen LogP contribution < -0.4 is 10.6 Å². The van der Waals surface area contributed by atoms with Crippen LogP contribution in [0.15, 0.2) is 24.4 Å². The SMILES string of the molecule is Cc1ccc(NC(=O)N2C[C@@H](F)C[C@H]2Cn2cc(C(=O)NC(C)C)nn2)cc1C. The van der Waals surface area contributed by atoms with E-state index in [9.17, 15) is 14.0 Å². The number of amides is 3. The number of alkyl halides is 1. The van der Waals surface area contributed by atoms with Crippen molar-refractivity contribution in [3.8, 4) is 0 Å². The fourth-order valence-corrected chi connectivity index (χ4v) is 3.34. The number of likely N-dealkylation sites (tertiary alicyclic amines) is 1. The van der Waals surface area contributed by atoms with Gasteiger partial charge in [-0.05, 0) is 51.0 Å². The summed E-state index contributed by atoms with van der Waals surface area (Å²) in [5.74, 6) is -0.314. The Labute approximate surface area is 169 Å². The lowest BCUT2D eigenvalue weighted by Gasteiger charge is -2.24. The maximum absolute atomic E-state index is 14.1. The Kier molecular flexibility index (Phi) is 6.14. The number of rotatable bonds is 5. The molecule has 2 aromatic rings. The molecule has 0 aliphatic carbocycles. The summed E-state index contributed by atoms with van der Waals surface area (Å²) in [6.07, 6.45) is 0.633. The van der Waals surface area contributed by atoms with Crippen molar-refractivity contribution in [3.05, 3.63) is 41.2 Å². The van der Waals surface area contributed by atoms with Crippen LogP contribution >= 0.6 is 0 Å². The van der Waals surface area contributed by atoms with Crippen molar-refractivity contribution >= 4 is 17.6 Å². The van der Waals surface area contributed by atoms with Gasteiger partial charge in [0.2, 0.25) is 0 Å². The predicted octanol–water partition coefficient (Wildman–Crippen LogP) is 2.68. The highest BCUT2D eigenvalue weighted by Crippen LogP contribution is 2.23. The maximum Gasteiger partial charge on any atom is 0.322 e. The third kappa shape index (κ3) is 5.10. The number of anilines is 1. The van der Waals surface area contributed by atoms with Crippen molar-refractivity contribution in [2.45, 2.75) is 58.9 Å². The molecule has 1 aliphatic rings. The largest absolute Gasteiger partial charge is 0.348 e. The number of carbonyl (C=O) groups is 2. The molecule has 1 fully saturated rings. The van der Waals surface area contributed by atoms with Crippen LogP contribution in [0.4, 0.5) is 14.9 Å². The molecule has 2 N–H and O–H groups in total. The van der Waals surface area contributed by atoms with Gasteiger partial charge in [-0.2, -0.15) is 0 Å². The lowest BCUT2D eigenvalue weighted by Crippen LogP contribution is -2.41.